The van der Waals surface area contributed by atoms with E-state index in [1.165, 1.54) is 308 Å². The first kappa shape index (κ1) is 79.8. The van der Waals surface area contributed by atoms with Gasteiger partial charge in [0, 0.05) is 44.7 Å². The number of aryl methyl sites for hydroxylation is 4. The van der Waals surface area contributed by atoms with Crippen LogP contribution >= 0.6 is 107 Å². The summed E-state index contributed by atoms with van der Waals surface area (Å²) in [6.45, 7) is 9.09. The van der Waals surface area contributed by atoms with Gasteiger partial charge in [0.25, 0.3) is 0 Å². The molecule has 0 spiro atoms. The smallest absolute Gasteiger partial charge is 0.0405 e. The fourth-order valence-electron chi connectivity index (χ4n) is 13.3. The Morgan fingerprint density at radius 2 is 0.680 bits per heavy atom. The van der Waals surface area contributed by atoms with Gasteiger partial charge in [-0.15, -0.1) is 56.7 Å². The molecule has 522 valence electrons. The van der Waals surface area contributed by atoms with Gasteiger partial charge in [0.2, 0.25) is 0 Å². The number of rotatable bonds is 36. The molecule has 0 fully saturated rings. The van der Waals surface area contributed by atoms with Gasteiger partial charge in [-0.2, -0.15) is 0 Å². The van der Waals surface area contributed by atoms with E-state index in [0.717, 1.165) is 5.02 Å². The fraction of sp³-hybridized carbons (Fsp3) is 0.471. The van der Waals surface area contributed by atoms with Crippen molar-refractivity contribution < 1.29 is 0 Å². The summed E-state index contributed by atoms with van der Waals surface area (Å²) >= 11 is 20.8. The Kier molecular flexibility index (Phi) is 35.6. The summed E-state index contributed by atoms with van der Waals surface area (Å²) in [5.41, 5.74) is 4.61. The summed E-state index contributed by atoms with van der Waals surface area (Å²) in [4.78, 5) is 14.8. The third kappa shape index (κ3) is 24.6. The minimum Gasteiger partial charge on any atom is -0.0843 e. The Hall–Kier alpha value is -2.87. The number of hydrogen-bond donors (Lipinski definition) is 0. The van der Waals surface area contributed by atoms with Crippen molar-refractivity contribution >= 4 is 190 Å². The maximum Gasteiger partial charge on any atom is 0.0405 e. The second-order valence-electron chi connectivity index (χ2n) is 27.9. The van der Waals surface area contributed by atoms with Crippen molar-refractivity contribution in [3.8, 4) is 19.5 Å². The summed E-state index contributed by atoms with van der Waals surface area (Å²) in [5.74, 6) is 0. The summed E-state index contributed by atoms with van der Waals surface area (Å²) in [5, 5.41) is 18.9. The van der Waals surface area contributed by atoms with Gasteiger partial charge < -0.3 is 0 Å². The number of unbranched alkanes of at least 4 members (excludes halogenated alkanes) is 27. The van der Waals surface area contributed by atoms with Crippen LogP contribution in [0.3, 0.4) is 0 Å². The monoisotopic (exact) mass is 1620 g/mol. The van der Waals surface area contributed by atoms with E-state index < -0.39 is 18.4 Å². The van der Waals surface area contributed by atoms with Gasteiger partial charge in [-0.05, 0) is 141 Å². The standard InChI is InChI=1S/C46H60S4.C16H27BrS.C15H9S2.C6H5Cl.CH4.3CH3.Sn/c1-3-5-7-9-11-13-15-17-19-21-23-35-29-31-47-45(35)41-33-37-25-27-40-39(43(37)49-41)28-26-38-34-42(50-44(38)40)46-36(30-32-48-46)24-22-20-18-16-14-12-10-8-6-4-2;1-2-3-4-5-6-7-8-9-10-11-12-15-13-14-18-16(15)17;1-9-8-11-3-5-12-13(15(11)17-9)4-2-10-6-7-16-14(10)12;7-6-4-2-1-3-5-6;;;;;/h25-34H,3-24H2,1-2H3;13-14H,2-12H2,1H3;2-6,8H,1H3;1-5H;1H4;3*1H3;. The minimum atomic E-state index is -1.98. The van der Waals surface area contributed by atoms with Crippen molar-refractivity contribution in [3.63, 3.8) is 0 Å². The van der Waals surface area contributed by atoms with Crippen molar-refractivity contribution in [1.82, 2.24) is 0 Å². The van der Waals surface area contributed by atoms with Crippen LogP contribution in [0.5, 0.6) is 0 Å². The van der Waals surface area contributed by atoms with Gasteiger partial charge in [-0.1, -0.05) is 256 Å². The van der Waals surface area contributed by atoms with Gasteiger partial charge in [0.15, 0.2) is 0 Å². The third-order valence-electron chi connectivity index (χ3n) is 18.9. The normalized spacial score (nSPS) is 11.6. The first-order valence-corrected chi connectivity index (χ1v) is 54.3. The number of hydrogen-bond acceptors (Lipinski definition) is 7. The largest absolute Gasteiger partial charge is 0.0843 e. The Labute approximate surface area is 632 Å². The molecule has 7 aromatic heterocycles. The van der Waals surface area contributed by atoms with E-state index in [2.05, 4.69) is 166 Å². The molecule has 0 saturated heterocycles. The van der Waals surface area contributed by atoms with E-state index in [9.17, 15) is 0 Å². The van der Waals surface area contributed by atoms with Crippen molar-refractivity contribution in [2.75, 3.05) is 0 Å². The van der Waals surface area contributed by atoms with Gasteiger partial charge in [-0.25, -0.2) is 0 Å². The van der Waals surface area contributed by atoms with Crippen LogP contribution in [-0.4, -0.2) is 18.4 Å². The van der Waals surface area contributed by atoms with Crippen LogP contribution in [0.2, 0.25) is 19.8 Å². The molecule has 0 amide bonds. The van der Waals surface area contributed by atoms with E-state index in [1.54, 1.807) is 25.4 Å². The summed E-state index contributed by atoms with van der Waals surface area (Å²) in [6, 6.07) is 45.0. The molecule has 0 radical (unpaired) electrons. The average molecular weight is 1620 g/mol. The number of benzene rings is 5. The quantitative estimate of drug-likeness (QED) is 0.0271. The van der Waals surface area contributed by atoms with E-state index in [0.29, 0.717) is 0 Å². The van der Waals surface area contributed by atoms with E-state index >= 15 is 0 Å². The first-order chi connectivity index (χ1) is 46.9. The third-order valence-corrected chi connectivity index (χ3v) is 37.4. The predicted octanol–water partition coefficient (Wildman–Crippen LogP) is 33.7. The van der Waals surface area contributed by atoms with E-state index in [4.69, 9.17) is 11.6 Å². The van der Waals surface area contributed by atoms with Crippen LogP contribution < -0.4 is 2.89 Å². The van der Waals surface area contributed by atoms with Crippen LogP contribution in [-0.2, 0) is 19.3 Å². The minimum absolute atomic E-state index is 0. The molecule has 0 N–H and O–H groups in total. The molecule has 0 aliphatic carbocycles. The molecule has 0 saturated carbocycles. The van der Waals surface area contributed by atoms with Crippen molar-refractivity contribution in [1.29, 1.82) is 0 Å². The molecule has 5 aromatic carbocycles. The SMILES string of the molecule is C.CCCCCCCCCCCCc1ccsc1-c1cc2ccc3c(ccc4cc(-c5sccc5CCCCCCCCCCCC)sc43)c2s1.CCCCCCCCCCCCc1ccsc1Br.Cc1cc2ccc3c(ccc4c[c]([Sn]([CH3])([CH3])[CH3])sc43)c2s1.Clc1ccccc1. The first-order valence-electron chi connectivity index (χ1n) is 37.2. The molecule has 7 heterocycles. The molecule has 0 atom stereocenters. The summed E-state index contributed by atoms with van der Waals surface area (Å²) in [6.07, 6.45) is 45.9. The Morgan fingerprint density at radius 1 is 0.351 bits per heavy atom. The topological polar surface area (TPSA) is 0 Å². The van der Waals surface area contributed by atoms with Gasteiger partial charge in [-0.3, -0.25) is 0 Å². The maximum atomic E-state index is 5.54. The van der Waals surface area contributed by atoms with Crippen LogP contribution in [0.25, 0.3) is 81.4 Å². The van der Waals surface area contributed by atoms with Gasteiger partial charge in [0.05, 0.1) is 3.79 Å². The molecule has 0 unspecified atom stereocenters. The number of thiophene rings is 7. The van der Waals surface area contributed by atoms with Crippen molar-refractivity contribution in [3.05, 3.63) is 168 Å². The van der Waals surface area contributed by atoms with Crippen LogP contribution in [0, 0.1) is 6.92 Å². The second kappa shape index (κ2) is 43.3. The second-order valence-corrected chi connectivity index (χ2v) is 52.3. The Balaban J connectivity index is 0.000000207. The zero-order chi connectivity index (χ0) is 67.3. The zero-order valence-corrected chi connectivity index (χ0v) is 70.1. The van der Waals surface area contributed by atoms with E-state index in [-0.39, 0.29) is 7.43 Å². The zero-order valence-electron chi connectivity index (χ0n) is 59.2. The van der Waals surface area contributed by atoms with Crippen LogP contribution in [0.1, 0.15) is 242 Å². The summed E-state index contributed by atoms with van der Waals surface area (Å²) < 4.78 is 8.84. The molecule has 12 rings (SSSR count). The molecule has 0 aliphatic heterocycles. The molecule has 0 nitrogen and oxygen atoms in total. The van der Waals surface area contributed by atoms with Gasteiger partial charge >= 0.3 is 138 Å². The van der Waals surface area contributed by atoms with E-state index in [1.807, 2.05) is 98.4 Å². The van der Waals surface area contributed by atoms with Gasteiger partial charge in [0.1, 0.15) is 0 Å². The Morgan fingerprint density at radius 3 is 1.04 bits per heavy atom. The molecule has 10 heteroatoms. The maximum absolute atomic E-state index is 5.54. The molecule has 0 aliphatic rings. The molecular weight excluding hydrogens is 1500 g/mol. The molecular formula is C87H114BrClS7Sn. The summed E-state index contributed by atoms with van der Waals surface area (Å²) in [7, 11) is 0. The fourth-order valence-corrected chi connectivity index (χ4v) is 26.9. The van der Waals surface area contributed by atoms with Crippen molar-refractivity contribution in [2.45, 2.75) is 262 Å². The van der Waals surface area contributed by atoms with Crippen LogP contribution in [0.15, 0.2) is 141 Å². The predicted molar refractivity (Wildman–Crippen MR) is 461 cm³/mol. The number of fused-ring (bicyclic) bond motifs is 10. The number of halogens is 2. The molecule has 0 bridgehead atoms. The molecule has 12 aromatic rings. The Bertz CT molecular complexity index is 4020. The van der Waals surface area contributed by atoms with Crippen molar-refractivity contribution in [2.24, 2.45) is 0 Å². The average Bonchev–Trinajstić information content (AvgIpc) is 1.67. The van der Waals surface area contributed by atoms with Crippen LogP contribution in [0.4, 0.5) is 0 Å². The molecule has 97 heavy (non-hydrogen) atoms.